The molecule has 0 aliphatic carbocycles. The molecule has 27 heavy (non-hydrogen) atoms. The van der Waals surface area contributed by atoms with Gasteiger partial charge in [-0.1, -0.05) is 17.7 Å². The third kappa shape index (κ3) is 4.11. The number of carboxylic acid groups (broad SMARTS) is 1. The lowest BCUT2D eigenvalue weighted by Gasteiger charge is -2.21. The van der Waals surface area contributed by atoms with Crippen LogP contribution in [-0.4, -0.2) is 42.9 Å². The van der Waals surface area contributed by atoms with Crippen LogP contribution < -0.4 is 4.72 Å². The Morgan fingerprint density at radius 1 is 1.07 bits per heavy atom. The fraction of sp³-hybridized carbons (Fsp3) is 0.263. The van der Waals surface area contributed by atoms with Gasteiger partial charge in [-0.05, 0) is 56.2 Å². The van der Waals surface area contributed by atoms with Crippen LogP contribution in [0.15, 0.2) is 53.4 Å². The molecule has 1 fully saturated rings. The van der Waals surface area contributed by atoms with E-state index in [-0.39, 0.29) is 10.5 Å². The molecule has 0 radical (unpaired) electrons. The van der Waals surface area contributed by atoms with Crippen molar-refractivity contribution in [2.45, 2.75) is 30.7 Å². The van der Waals surface area contributed by atoms with Crippen LogP contribution in [0.4, 0.5) is 5.69 Å². The van der Waals surface area contributed by atoms with Crippen molar-refractivity contribution in [3.63, 3.8) is 0 Å². The largest absolute Gasteiger partial charge is 0.480 e. The molecule has 0 spiro atoms. The van der Waals surface area contributed by atoms with Gasteiger partial charge in [0, 0.05) is 17.8 Å². The Labute approximate surface area is 157 Å². The number of carbonyl (C=O) groups is 2. The summed E-state index contributed by atoms with van der Waals surface area (Å²) in [4.78, 5) is 25.1. The molecule has 0 aromatic heterocycles. The van der Waals surface area contributed by atoms with E-state index in [0.29, 0.717) is 25.1 Å². The summed E-state index contributed by atoms with van der Waals surface area (Å²) < 4.78 is 27.4. The summed E-state index contributed by atoms with van der Waals surface area (Å²) in [5.74, 6) is -1.43. The van der Waals surface area contributed by atoms with Gasteiger partial charge in [0.15, 0.2) is 0 Å². The van der Waals surface area contributed by atoms with Crippen LogP contribution in [0.3, 0.4) is 0 Å². The Kier molecular flexibility index (Phi) is 5.18. The van der Waals surface area contributed by atoms with E-state index >= 15 is 0 Å². The van der Waals surface area contributed by atoms with E-state index in [2.05, 4.69) is 4.72 Å². The number of nitrogens with zero attached hydrogens (tertiary/aromatic N) is 1. The Morgan fingerprint density at radius 3 is 2.30 bits per heavy atom. The van der Waals surface area contributed by atoms with E-state index in [4.69, 9.17) is 0 Å². The molecule has 1 atom stereocenters. The van der Waals surface area contributed by atoms with Gasteiger partial charge in [0.2, 0.25) is 0 Å². The van der Waals surface area contributed by atoms with Crippen molar-refractivity contribution in [3.8, 4) is 0 Å². The van der Waals surface area contributed by atoms with E-state index in [1.54, 1.807) is 24.3 Å². The first-order valence-corrected chi connectivity index (χ1v) is 9.99. The fourth-order valence-electron chi connectivity index (χ4n) is 3.04. The van der Waals surface area contributed by atoms with Crippen molar-refractivity contribution in [2.24, 2.45) is 0 Å². The lowest BCUT2D eigenvalue weighted by atomic mass is 10.1. The Morgan fingerprint density at radius 2 is 1.70 bits per heavy atom. The molecule has 1 aliphatic heterocycles. The normalized spacial score (nSPS) is 16.9. The molecular formula is C19H20N2O5S. The third-order valence-corrected chi connectivity index (χ3v) is 5.91. The molecule has 142 valence electrons. The van der Waals surface area contributed by atoms with Gasteiger partial charge < -0.3 is 10.0 Å². The zero-order chi connectivity index (χ0) is 19.6. The zero-order valence-corrected chi connectivity index (χ0v) is 15.6. The predicted octanol–water partition coefficient (Wildman–Crippen LogP) is 2.49. The van der Waals surface area contributed by atoms with E-state index in [0.717, 1.165) is 5.56 Å². The number of aliphatic carboxylic acids is 1. The maximum atomic E-state index is 12.5. The molecule has 8 heteroatoms. The number of carboxylic acids is 1. The average molecular weight is 388 g/mol. The molecule has 1 heterocycles. The van der Waals surface area contributed by atoms with Gasteiger partial charge in [-0.2, -0.15) is 0 Å². The fourth-order valence-corrected chi connectivity index (χ4v) is 4.10. The highest BCUT2D eigenvalue weighted by Gasteiger charge is 2.34. The SMILES string of the molecule is Cc1ccc(NS(=O)(=O)c2ccc(C(=O)N3CCC[C@H]3C(=O)O)cc2)cc1. The molecular weight excluding hydrogens is 368 g/mol. The topological polar surface area (TPSA) is 104 Å². The minimum Gasteiger partial charge on any atom is -0.480 e. The maximum absolute atomic E-state index is 12.5. The number of benzene rings is 2. The maximum Gasteiger partial charge on any atom is 0.326 e. The lowest BCUT2D eigenvalue weighted by Crippen LogP contribution is -2.40. The first kappa shape index (κ1) is 18.9. The summed E-state index contributed by atoms with van der Waals surface area (Å²) in [7, 11) is -3.78. The second-order valence-electron chi connectivity index (χ2n) is 6.49. The number of hydrogen-bond acceptors (Lipinski definition) is 4. The highest BCUT2D eigenvalue weighted by Crippen LogP contribution is 2.22. The number of aryl methyl sites for hydroxylation is 1. The summed E-state index contributed by atoms with van der Waals surface area (Å²) >= 11 is 0. The van der Waals surface area contributed by atoms with Gasteiger partial charge in [0.25, 0.3) is 15.9 Å². The molecule has 7 nitrogen and oxygen atoms in total. The summed E-state index contributed by atoms with van der Waals surface area (Å²) in [6.07, 6.45) is 1.06. The minimum atomic E-state index is -3.78. The van der Waals surface area contributed by atoms with Crippen molar-refractivity contribution in [1.82, 2.24) is 4.90 Å². The van der Waals surface area contributed by atoms with Gasteiger partial charge in [0.1, 0.15) is 6.04 Å². The predicted molar refractivity (Wildman–Crippen MR) is 100 cm³/mol. The number of sulfonamides is 1. The lowest BCUT2D eigenvalue weighted by molar-refractivity contribution is -0.141. The highest BCUT2D eigenvalue weighted by molar-refractivity contribution is 7.92. The summed E-state index contributed by atoms with van der Waals surface area (Å²) in [5.41, 5.74) is 1.72. The monoisotopic (exact) mass is 388 g/mol. The van der Waals surface area contributed by atoms with E-state index < -0.39 is 27.9 Å². The van der Waals surface area contributed by atoms with Crippen LogP contribution in [0, 0.1) is 6.92 Å². The van der Waals surface area contributed by atoms with Gasteiger partial charge in [-0.15, -0.1) is 0 Å². The number of rotatable bonds is 5. The second kappa shape index (κ2) is 7.40. The number of hydrogen-bond donors (Lipinski definition) is 2. The van der Waals surface area contributed by atoms with Crippen LogP contribution in [0.5, 0.6) is 0 Å². The molecule has 2 aromatic carbocycles. The van der Waals surface area contributed by atoms with Crippen LogP contribution >= 0.6 is 0 Å². The average Bonchev–Trinajstić information content (AvgIpc) is 3.13. The van der Waals surface area contributed by atoms with Gasteiger partial charge in [-0.3, -0.25) is 9.52 Å². The molecule has 1 saturated heterocycles. The van der Waals surface area contributed by atoms with E-state index in [9.17, 15) is 23.1 Å². The summed E-state index contributed by atoms with van der Waals surface area (Å²) in [6.45, 7) is 2.29. The first-order valence-electron chi connectivity index (χ1n) is 8.51. The van der Waals surface area contributed by atoms with Gasteiger partial charge >= 0.3 is 5.97 Å². The van der Waals surface area contributed by atoms with E-state index in [1.807, 2.05) is 6.92 Å². The highest BCUT2D eigenvalue weighted by atomic mass is 32.2. The number of likely N-dealkylation sites (tertiary alicyclic amines) is 1. The quantitative estimate of drug-likeness (QED) is 0.819. The van der Waals surface area contributed by atoms with Crippen molar-refractivity contribution in [1.29, 1.82) is 0 Å². The number of nitrogens with one attached hydrogen (secondary N) is 1. The third-order valence-electron chi connectivity index (χ3n) is 4.51. The van der Waals surface area contributed by atoms with Crippen LogP contribution in [0.25, 0.3) is 0 Å². The molecule has 2 aromatic rings. The minimum absolute atomic E-state index is 0.0239. The molecule has 1 aliphatic rings. The Bertz CT molecular complexity index is 953. The van der Waals surface area contributed by atoms with Crippen molar-refractivity contribution < 1.29 is 23.1 Å². The molecule has 0 bridgehead atoms. The van der Waals surface area contributed by atoms with Crippen molar-refractivity contribution >= 4 is 27.6 Å². The standard InChI is InChI=1S/C19H20N2O5S/c1-13-4-8-15(9-5-13)20-27(25,26)16-10-6-14(7-11-16)18(22)21-12-2-3-17(21)19(23)24/h4-11,17,20H,2-3,12H2,1H3,(H,23,24)/t17-/m0/s1. The van der Waals surface area contributed by atoms with Gasteiger partial charge in [-0.25, -0.2) is 13.2 Å². The van der Waals surface area contributed by atoms with Crippen LogP contribution in [0.1, 0.15) is 28.8 Å². The van der Waals surface area contributed by atoms with Crippen molar-refractivity contribution in [2.75, 3.05) is 11.3 Å². The number of anilines is 1. The smallest absolute Gasteiger partial charge is 0.326 e. The number of amides is 1. The summed E-state index contributed by atoms with van der Waals surface area (Å²) in [6, 6.07) is 11.6. The van der Waals surface area contributed by atoms with Crippen molar-refractivity contribution in [3.05, 3.63) is 59.7 Å². The van der Waals surface area contributed by atoms with E-state index in [1.165, 1.54) is 29.2 Å². The summed E-state index contributed by atoms with van der Waals surface area (Å²) in [5, 5.41) is 9.21. The molecule has 0 unspecified atom stereocenters. The second-order valence-corrected chi connectivity index (χ2v) is 8.17. The molecule has 2 N–H and O–H groups in total. The Hall–Kier alpha value is -2.87. The van der Waals surface area contributed by atoms with Crippen LogP contribution in [0.2, 0.25) is 0 Å². The molecule has 1 amide bonds. The zero-order valence-electron chi connectivity index (χ0n) is 14.8. The van der Waals surface area contributed by atoms with Crippen LogP contribution in [-0.2, 0) is 14.8 Å². The molecule has 0 saturated carbocycles. The molecule has 3 rings (SSSR count). The first-order chi connectivity index (χ1) is 12.8. The number of carbonyl (C=O) groups excluding carboxylic acids is 1. The van der Waals surface area contributed by atoms with Gasteiger partial charge in [0.05, 0.1) is 4.90 Å². The Balaban J connectivity index is 1.77.